The second-order valence-corrected chi connectivity index (χ2v) is 5.08. The molecule has 102 valence electrons. The molecule has 0 heterocycles. The highest BCUT2D eigenvalue weighted by atomic mass is 16.5. The molecule has 1 aromatic rings. The van der Waals surface area contributed by atoms with E-state index >= 15 is 0 Å². The summed E-state index contributed by atoms with van der Waals surface area (Å²) in [6.45, 7) is 5.34. The van der Waals surface area contributed by atoms with Crippen LogP contribution in [0.1, 0.15) is 30.9 Å². The van der Waals surface area contributed by atoms with E-state index in [1.807, 2.05) is 6.07 Å². The standard InChI is InChI=1S/C15H25NO2/c1-11(2)14-13(17-5)8-7-12(15(14)18-6)9-10-16(3)4/h7-8,11H,9-10H2,1-6H3. The Bertz CT molecular complexity index is 386. The van der Waals surface area contributed by atoms with Gasteiger partial charge >= 0.3 is 0 Å². The minimum atomic E-state index is 0.384. The van der Waals surface area contributed by atoms with Gasteiger partial charge in [-0.05, 0) is 38.1 Å². The lowest BCUT2D eigenvalue weighted by Gasteiger charge is -2.20. The van der Waals surface area contributed by atoms with E-state index in [-0.39, 0.29) is 0 Å². The maximum Gasteiger partial charge on any atom is 0.129 e. The first-order chi connectivity index (χ1) is 8.51. The van der Waals surface area contributed by atoms with Crippen LogP contribution in [-0.4, -0.2) is 39.8 Å². The van der Waals surface area contributed by atoms with Gasteiger partial charge in [0.15, 0.2) is 0 Å². The summed E-state index contributed by atoms with van der Waals surface area (Å²) in [5.41, 5.74) is 2.41. The van der Waals surface area contributed by atoms with Gasteiger partial charge in [-0.3, -0.25) is 0 Å². The van der Waals surface area contributed by atoms with Crippen molar-refractivity contribution in [2.45, 2.75) is 26.2 Å². The second kappa shape index (κ2) is 6.64. The Kier molecular flexibility index (Phi) is 5.48. The number of hydrogen-bond donors (Lipinski definition) is 0. The molecule has 0 N–H and O–H groups in total. The van der Waals surface area contributed by atoms with Crippen LogP contribution in [0.15, 0.2) is 12.1 Å². The molecule has 0 aliphatic heterocycles. The highest BCUT2D eigenvalue weighted by Gasteiger charge is 2.17. The fraction of sp³-hybridized carbons (Fsp3) is 0.600. The van der Waals surface area contributed by atoms with Crippen LogP contribution in [0.25, 0.3) is 0 Å². The molecule has 0 fully saturated rings. The van der Waals surface area contributed by atoms with Gasteiger partial charge in [0.25, 0.3) is 0 Å². The average molecular weight is 251 g/mol. The highest BCUT2D eigenvalue weighted by molar-refractivity contribution is 5.52. The third kappa shape index (κ3) is 3.39. The van der Waals surface area contributed by atoms with Gasteiger partial charge in [-0.1, -0.05) is 19.9 Å². The predicted octanol–water partition coefficient (Wildman–Crippen LogP) is 2.93. The normalized spacial score (nSPS) is 11.1. The Balaban J connectivity index is 3.16. The first kappa shape index (κ1) is 14.8. The molecule has 0 bridgehead atoms. The van der Waals surface area contributed by atoms with Crippen LogP contribution in [0.3, 0.4) is 0 Å². The van der Waals surface area contributed by atoms with E-state index in [9.17, 15) is 0 Å². The summed E-state index contributed by atoms with van der Waals surface area (Å²) in [5.74, 6) is 2.27. The number of ether oxygens (including phenoxy) is 2. The van der Waals surface area contributed by atoms with E-state index in [1.54, 1.807) is 14.2 Å². The van der Waals surface area contributed by atoms with Gasteiger partial charge in [0.1, 0.15) is 11.5 Å². The molecule has 3 nitrogen and oxygen atoms in total. The van der Waals surface area contributed by atoms with Gasteiger partial charge in [0.2, 0.25) is 0 Å². The molecular formula is C15H25NO2. The quantitative estimate of drug-likeness (QED) is 0.776. The predicted molar refractivity (Wildman–Crippen MR) is 75.9 cm³/mol. The van der Waals surface area contributed by atoms with Crippen LogP contribution in [0.5, 0.6) is 11.5 Å². The van der Waals surface area contributed by atoms with Crippen LogP contribution < -0.4 is 9.47 Å². The molecule has 3 heteroatoms. The molecule has 0 aromatic heterocycles. The molecule has 0 unspecified atom stereocenters. The zero-order chi connectivity index (χ0) is 13.7. The number of hydrogen-bond acceptors (Lipinski definition) is 3. The van der Waals surface area contributed by atoms with Crippen molar-refractivity contribution >= 4 is 0 Å². The summed E-state index contributed by atoms with van der Waals surface area (Å²) in [6.07, 6.45) is 0.986. The zero-order valence-corrected chi connectivity index (χ0v) is 12.4. The lowest BCUT2D eigenvalue weighted by Crippen LogP contribution is -2.16. The van der Waals surface area contributed by atoms with E-state index in [1.165, 1.54) is 5.56 Å². The van der Waals surface area contributed by atoms with E-state index in [2.05, 4.69) is 38.9 Å². The van der Waals surface area contributed by atoms with Crippen molar-refractivity contribution < 1.29 is 9.47 Å². The van der Waals surface area contributed by atoms with E-state index in [0.717, 1.165) is 30.0 Å². The highest BCUT2D eigenvalue weighted by Crippen LogP contribution is 2.37. The summed E-state index contributed by atoms with van der Waals surface area (Å²) in [7, 11) is 7.61. The number of nitrogens with zero attached hydrogens (tertiary/aromatic N) is 1. The largest absolute Gasteiger partial charge is 0.496 e. The Morgan fingerprint density at radius 3 is 2.22 bits per heavy atom. The molecule has 0 amide bonds. The third-order valence-electron chi connectivity index (χ3n) is 3.07. The Morgan fingerprint density at radius 2 is 1.78 bits per heavy atom. The van der Waals surface area contributed by atoms with Gasteiger partial charge in [-0.25, -0.2) is 0 Å². The number of rotatable bonds is 6. The first-order valence-corrected chi connectivity index (χ1v) is 6.39. The van der Waals surface area contributed by atoms with Gasteiger partial charge in [-0.15, -0.1) is 0 Å². The molecule has 0 saturated heterocycles. The molecule has 0 aliphatic rings. The molecule has 1 rings (SSSR count). The fourth-order valence-corrected chi connectivity index (χ4v) is 2.13. The zero-order valence-electron chi connectivity index (χ0n) is 12.4. The van der Waals surface area contributed by atoms with Gasteiger partial charge in [-0.2, -0.15) is 0 Å². The van der Waals surface area contributed by atoms with E-state index < -0.39 is 0 Å². The molecule has 0 aliphatic carbocycles. The molecule has 0 saturated carbocycles. The molecule has 0 radical (unpaired) electrons. The maximum atomic E-state index is 5.61. The van der Waals surface area contributed by atoms with Crippen LogP contribution in [0.4, 0.5) is 0 Å². The molecule has 0 spiro atoms. The Morgan fingerprint density at radius 1 is 1.11 bits per heavy atom. The minimum Gasteiger partial charge on any atom is -0.496 e. The Hall–Kier alpha value is -1.22. The maximum absolute atomic E-state index is 5.61. The monoisotopic (exact) mass is 251 g/mol. The number of benzene rings is 1. The topological polar surface area (TPSA) is 21.7 Å². The van der Waals surface area contributed by atoms with Crippen molar-refractivity contribution in [2.75, 3.05) is 34.9 Å². The molecule has 0 atom stereocenters. The minimum absolute atomic E-state index is 0.384. The SMILES string of the molecule is COc1ccc(CCN(C)C)c(OC)c1C(C)C. The van der Waals surface area contributed by atoms with Crippen molar-refractivity contribution in [2.24, 2.45) is 0 Å². The summed E-state index contributed by atoms with van der Waals surface area (Å²) >= 11 is 0. The second-order valence-electron chi connectivity index (χ2n) is 5.08. The van der Waals surface area contributed by atoms with E-state index in [0.29, 0.717) is 5.92 Å². The van der Waals surface area contributed by atoms with Crippen LogP contribution in [0.2, 0.25) is 0 Å². The van der Waals surface area contributed by atoms with Crippen molar-refractivity contribution in [3.63, 3.8) is 0 Å². The smallest absolute Gasteiger partial charge is 0.129 e. The summed E-state index contributed by atoms with van der Waals surface area (Å²) in [6, 6.07) is 4.15. The lowest BCUT2D eigenvalue weighted by atomic mass is 9.96. The van der Waals surface area contributed by atoms with Crippen LogP contribution in [-0.2, 0) is 6.42 Å². The molecule has 1 aromatic carbocycles. The van der Waals surface area contributed by atoms with Crippen molar-refractivity contribution in [1.82, 2.24) is 4.90 Å². The molecular weight excluding hydrogens is 226 g/mol. The number of methoxy groups -OCH3 is 2. The van der Waals surface area contributed by atoms with Gasteiger partial charge in [0, 0.05) is 12.1 Å². The first-order valence-electron chi connectivity index (χ1n) is 6.39. The summed E-state index contributed by atoms with van der Waals surface area (Å²) in [5, 5.41) is 0. The lowest BCUT2D eigenvalue weighted by molar-refractivity contribution is 0.372. The Labute approximate surface area is 111 Å². The summed E-state index contributed by atoms with van der Waals surface area (Å²) in [4.78, 5) is 2.18. The van der Waals surface area contributed by atoms with Crippen molar-refractivity contribution in [3.05, 3.63) is 23.3 Å². The van der Waals surface area contributed by atoms with Gasteiger partial charge < -0.3 is 14.4 Å². The average Bonchev–Trinajstić information content (AvgIpc) is 2.34. The molecule has 18 heavy (non-hydrogen) atoms. The fourth-order valence-electron chi connectivity index (χ4n) is 2.13. The third-order valence-corrected chi connectivity index (χ3v) is 3.07. The van der Waals surface area contributed by atoms with E-state index in [4.69, 9.17) is 9.47 Å². The number of likely N-dealkylation sites (N-methyl/N-ethyl adjacent to an activating group) is 1. The van der Waals surface area contributed by atoms with Crippen molar-refractivity contribution in [3.8, 4) is 11.5 Å². The van der Waals surface area contributed by atoms with Crippen LogP contribution >= 0.6 is 0 Å². The van der Waals surface area contributed by atoms with Crippen LogP contribution in [0, 0.1) is 0 Å². The summed E-state index contributed by atoms with van der Waals surface area (Å²) < 4.78 is 11.1. The van der Waals surface area contributed by atoms with Crippen molar-refractivity contribution in [1.29, 1.82) is 0 Å². The van der Waals surface area contributed by atoms with Gasteiger partial charge in [0.05, 0.1) is 14.2 Å².